The predicted octanol–water partition coefficient (Wildman–Crippen LogP) is 2.78. The first kappa shape index (κ1) is 12.5. The molecule has 4 nitrogen and oxygen atoms in total. The SMILES string of the molecule is O=C(O)c1ccccc1N1CCOc2ccccc2C1. The Labute approximate surface area is 117 Å². The zero-order valence-corrected chi connectivity index (χ0v) is 11.0. The van der Waals surface area contributed by atoms with Crippen molar-refractivity contribution in [1.29, 1.82) is 0 Å². The van der Waals surface area contributed by atoms with E-state index in [0.717, 1.165) is 17.0 Å². The first-order valence-electron chi connectivity index (χ1n) is 6.53. The third-order valence-electron chi connectivity index (χ3n) is 3.43. The second kappa shape index (κ2) is 5.25. The van der Waals surface area contributed by atoms with E-state index >= 15 is 0 Å². The van der Waals surface area contributed by atoms with E-state index in [-0.39, 0.29) is 0 Å². The summed E-state index contributed by atoms with van der Waals surface area (Å²) < 4.78 is 5.71. The van der Waals surface area contributed by atoms with E-state index in [1.54, 1.807) is 12.1 Å². The number of fused-ring (bicyclic) bond motifs is 1. The second-order valence-corrected chi connectivity index (χ2v) is 4.70. The maximum atomic E-state index is 11.3. The highest BCUT2D eigenvalue weighted by Gasteiger charge is 2.19. The summed E-state index contributed by atoms with van der Waals surface area (Å²) in [5.41, 5.74) is 2.14. The molecule has 0 unspecified atom stereocenters. The zero-order chi connectivity index (χ0) is 13.9. The Morgan fingerprint density at radius 2 is 1.85 bits per heavy atom. The van der Waals surface area contributed by atoms with Gasteiger partial charge in [0.2, 0.25) is 0 Å². The van der Waals surface area contributed by atoms with Crippen LogP contribution in [0.25, 0.3) is 0 Å². The number of carboxylic acid groups (broad SMARTS) is 1. The molecule has 3 rings (SSSR count). The van der Waals surface area contributed by atoms with Crippen LogP contribution in [0.3, 0.4) is 0 Å². The first-order chi connectivity index (χ1) is 9.75. The van der Waals surface area contributed by atoms with Gasteiger partial charge in [-0.1, -0.05) is 30.3 Å². The van der Waals surface area contributed by atoms with E-state index in [4.69, 9.17) is 4.74 Å². The first-order valence-corrected chi connectivity index (χ1v) is 6.53. The summed E-state index contributed by atoms with van der Waals surface area (Å²) in [4.78, 5) is 13.4. The lowest BCUT2D eigenvalue weighted by molar-refractivity contribution is 0.0697. The number of anilines is 1. The molecule has 0 saturated heterocycles. The molecule has 2 aromatic rings. The molecule has 1 aliphatic rings. The molecule has 102 valence electrons. The normalized spacial score (nSPS) is 14.1. The van der Waals surface area contributed by atoms with Crippen molar-refractivity contribution in [1.82, 2.24) is 0 Å². The van der Waals surface area contributed by atoms with Gasteiger partial charge < -0.3 is 14.7 Å². The Balaban J connectivity index is 1.98. The number of nitrogens with zero attached hydrogens (tertiary/aromatic N) is 1. The molecule has 0 saturated carbocycles. The average Bonchev–Trinajstić information content (AvgIpc) is 2.69. The van der Waals surface area contributed by atoms with Crippen LogP contribution in [0.15, 0.2) is 48.5 Å². The van der Waals surface area contributed by atoms with Gasteiger partial charge in [-0.2, -0.15) is 0 Å². The Bertz CT molecular complexity index is 639. The highest BCUT2D eigenvalue weighted by atomic mass is 16.5. The molecule has 1 heterocycles. The van der Waals surface area contributed by atoms with Crippen LogP contribution in [0.1, 0.15) is 15.9 Å². The summed E-state index contributed by atoms with van der Waals surface area (Å²) in [7, 11) is 0. The lowest BCUT2D eigenvalue weighted by Gasteiger charge is -2.23. The smallest absolute Gasteiger partial charge is 0.337 e. The van der Waals surface area contributed by atoms with Crippen LogP contribution in [0.2, 0.25) is 0 Å². The molecule has 0 aromatic heterocycles. The molecule has 0 atom stereocenters. The number of aromatic carboxylic acids is 1. The molecule has 4 heteroatoms. The number of benzene rings is 2. The van der Waals surface area contributed by atoms with Crippen molar-refractivity contribution >= 4 is 11.7 Å². The van der Waals surface area contributed by atoms with E-state index < -0.39 is 5.97 Å². The van der Waals surface area contributed by atoms with Crippen LogP contribution < -0.4 is 9.64 Å². The Hall–Kier alpha value is -2.49. The predicted molar refractivity (Wildman–Crippen MR) is 76.4 cm³/mol. The molecule has 0 spiro atoms. The fraction of sp³-hybridized carbons (Fsp3) is 0.188. The summed E-state index contributed by atoms with van der Waals surface area (Å²) in [5.74, 6) is -0.0261. The number of para-hydroxylation sites is 2. The Kier molecular flexibility index (Phi) is 3.29. The molecule has 2 aromatic carbocycles. The van der Waals surface area contributed by atoms with E-state index in [2.05, 4.69) is 4.90 Å². The van der Waals surface area contributed by atoms with Crippen molar-refractivity contribution in [2.45, 2.75) is 6.54 Å². The van der Waals surface area contributed by atoms with Crippen LogP contribution in [0.4, 0.5) is 5.69 Å². The maximum absolute atomic E-state index is 11.3. The van der Waals surface area contributed by atoms with Crippen molar-refractivity contribution in [3.05, 3.63) is 59.7 Å². The maximum Gasteiger partial charge on any atom is 0.337 e. The number of carboxylic acids is 1. The third kappa shape index (κ3) is 2.32. The van der Waals surface area contributed by atoms with Crippen molar-refractivity contribution in [3.8, 4) is 5.75 Å². The van der Waals surface area contributed by atoms with E-state index in [1.165, 1.54) is 0 Å². The van der Waals surface area contributed by atoms with Crippen molar-refractivity contribution in [2.24, 2.45) is 0 Å². The molecule has 1 N–H and O–H groups in total. The molecule has 0 radical (unpaired) electrons. The highest BCUT2D eigenvalue weighted by Crippen LogP contribution is 2.28. The molecule has 20 heavy (non-hydrogen) atoms. The van der Waals surface area contributed by atoms with E-state index in [0.29, 0.717) is 25.3 Å². The van der Waals surface area contributed by atoms with Gasteiger partial charge >= 0.3 is 5.97 Å². The van der Waals surface area contributed by atoms with Gasteiger partial charge in [0.15, 0.2) is 0 Å². The van der Waals surface area contributed by atoms with Crippen molar-refractivity contribution in [2.75, 3.05) is 18.1 Å². The summed E-state index contributed by atoms with van der Waals surface area (Å²) >= 11 is 0. The molecule has 0 amide bonds. The quantitative estimate of drug-likeness (QED) is 0.910. The minimum atomic E-state index is -0.904. The summed E-state index contributed by atoms with van der Waals surface area (Å²) in [6.07, 6.45) is 0. The topological polar surface area (TPSA) is 49.8 Å². The summed E-state index contributed by atoms with van der Waals surface area (Å²) in [6.45, 7) is 1.87. The van der Waals surface area contributed by atoms with Crippen molar-refractivity contribution < 1.29 is 14.6 Å². The van der Waals surface area contributed by atoms with Gasteiger partial charge in [0, 0.05) is 12.1 Å². The third-order valence-corrected chi connectivity index (χ3v) is 3.43. The Morgan fingerprint density at radius 1 is 1.10 bits per heavy atom. The highest BCUT2D eigenvalue weighted by molar-refractivity contribution is 5.94. The van der Waals surface area contributed by atoms with Crippen LogP contribution >= 0.6 is 0 Å². The van der Waals surface area contributed by atoms with Gasteiger partial charge in [-0.25, -0.2) is 4.79 Å². The van der Waals surface area contributed by atoms with Gasteiger partial charge in [0.25, 0.3) is 0 Å². The number of rotatable bonds is 2. The van der Waals surface area contributed by atoms with Gasteiger partial charge in [-0.05, 0) is 18.2 Å². The molecular formula is C16H15NO3. The van der Waals surface area contributed by atoms with E-state index in [1.807, 2.05) is 36.4 Å². The monoisotopic (exact) mass is 269 g/mol. The van der Waals surface area contributed by atoms with Gasteiger partial charge in [-0.3, -0.25) is 0 Å². The molecule has 0 fully saturated rings. The Morgan fingerprint density at radius 3 is 2.70 bits per heavy atom. The van der Waals surface area contributed by atoms with Crippen LogP contribution in [0, 0.1) is 0 Å². The lowest BCUT2D eigenvalue weighted by Crippen LogP contribution is -2.27. The molecule has 0 aliphatic carbocycles. The standard InChI is InChI=1S/C16H15NO3/c18-16(19)13-6-2-3-7-14(13)17-9-10-20-15-8-4-1-5-12(15)11-17/h1-8H,9-11H2,(H,18,19). The van der Waals surface area contributed by atoms with Crippen LogP contribution in [-0.2, 0) is 6.54 Å². The largest absolute Gasteiger partial charge is 0.491 e. The van der Waals surface area contributed by atoms with Gasteiger partial charge in [-0.15, -0.1) is 0 Å². The average molecular weight is 269 g/mol. The number of hydrogen-bond donors (Lipinski definition) is 1. The lowest BCUT2D eigenvalue weighted by atomic mass is 10.1. The summed E-state index contributed by atoms with van der Waals surface area (Å²) in [5, 5.41) is 9.30. The molecular weight excluding hydrogens is 254 g/mol. The fourth-order valence-corrected chi connectivity index (χ4v) is 2.46. The fourth-order valence-electron chi connectivity index (χ4n) is 2.46. The minimum absolute atomic E-state index is 0.326. The molecule has 1 aliphatic heterocycles. The number of carbonyl (C=O) groups is 1. The number of ether oxygens (including phenoxy) is 1. The zero-order valence-electron chi connectivity index (χ0n) is 11.0. The second-order valence-electron chi connectivity index (χ2n) is 4.70. The molecule has 0 bridgehead atoms. The van der Waals surface area contributed by atoms with Gasteiger partial charge in [0.05, 0.1) is 17.8 Å². The van der Waals surface area contributed by atoms with Crippen LogP contribution in [0.5, 0.6) is 5.75 Å². The van der Waals surface area contributed by atoms with Gasteiger partial charge in [0.1, 0.15) is 12.4 Å². The number of hydrogen-bond acceptors (Lipinski definition) is 3. The van der Waals surface area contributed by atoms with E-state index in [9.17, 15) is 9.90 Å². The summed E-state index contributed by atoms with van der Waals surface area (Å²) in [6, 6.07) is 15.0. The van der Waals surface area contributed by atoms with Crippen molar-refractivity contribution in [3.63, 3.8) is 0 Å². The van der Waals surface area contributed by atoms with Crippen LogP contribution in [-0.4, -0.2) is 24.2 Å². The minimum Gasteiger partial charge on any atom is -0.491 e.